The molecule has 4 nitrogen and oxygen atoms in total. The van der Waals surface area contributed by atoms with Crippen LogP contribution in [0.3, 0.4) is 0 Å². The smallest absolute Gasteiger partial charge is 0.161 e. The molecule has 2 aromatic rings. The van der Waals surface area contributed by atoms with E-state index in [-0.39, 0.29) is 17.3 Å². The Morgan fingerprint density at radius 2 is 2.18 bits per heavy atom. The lowest BCUT2D eigenvalue weighted by Crippen LogP contribution is -2.02. The second kappa shape index (κ2) is 7.52. The third-order valence-corrected chi connectivity index (χ3v) is 3.56. The van der Waals surface area contributed by atoms with Crippen LogP contribution in [-0.4, -0.2) is 23.0 Å². The van der Waals surface area contributed by atoms with Gasteiger partial charge in [-0.05, 0) is 13.0 Å². The van der Waals surface area contributed by atoms with Crippen molar-refractivity contribution in [3.63, 3.8) is 0 Å². The zero-order valence-electron chi connectivity index (χ0n) is 11.8. The molecule has 0 aliphatic heterocycles. The molecule has 0 saturated carbocycles. The van der Waals surface area contributed by atoms with Gasteiger partial charge in [0.25, 0.3) is 0 Å². The van der Waals surface area contributed by atoms with E-state index in [0.717, 1.165) is 0 Å². The van der Waals surface area contributed by atoms with Crippen LogP contribution in [0.5, 0.6) is 11.5 Å². The van der Waals surface area contributed by atoms with Crippen molar-refractivity contribution >= 4 is 27.5 Å². The summed E-state index contributed by atoms with van der Waals surface area (Å²) in [5.41, 5.74) is 0.867. The highest BCUT2D eigenvalue weighted by Gasteiger charge is 2.15. The van der Waals surface area contributed by atoms with E-state index in [2.05, 4.69) is 26.9 Å². The first-order chi connectivity index (χ1) is 10.6. The van der Waals surface area contributed by atoms with Crippen LogP contribution in [-0.2, 0) is 5.33 Å². The first-order valence-corrected chi connectivity index (χ1v) is 7.93. The molecule has 116 valence electrons. The minimum absolute atomic E-state index is 0.0424. The van der Waals surface area contributed by atoms with Crippen LogP contribution in [0.25, 0.3) is 5.69 Å². The fourth-order valence-corrected chi connectivity index (χ4v) is 2.40. The molecular formula is C15H13BrClFN2O2. The molecule has 0 unspecified atom stereocenters. The number of hydrogen-bond acceptors (Lipinski definition) is 3. The number of halogens is 3. The number of terminal acetylenes is 1. The predicted molar refractivity (Wildman–Crippen MR) is 86.7 cm³/mol. The number of ether oxygens (including phenoxy) is 2. The van der Waals surface area contributed by atoms with Crippen molar-refractivity contribution in [2.75, 3.05) is 13.2 Å². The molecule has 22 heavy (non-hydrogen) atoms. The Balaban J connectivity index is 2.45. The highest BCUT2D eigenvalue weighted by atomic mass is 79.9. The van der Waals surface area contributed by atoms with E-state index in [9.17, 15) is 4.39 Å². The summed E-state index contributed by atoms with van der Waals surface area (Å²) in [6.07, 6.45) is 6.76. The van der Waals surface area contributed by atoms with Gasteiger partial charge in [-0.3, -0.25) is 0 Å². The highest BCUT2D eigenvalue weighted by molar-refractivity contribution is 9.08. The van der Waals surface area contributed by atoms with Crippen molar-refractivity contribution in [1.82, 2.24) is 9.78 Å². The van der Waals surface area contributed by atoms with Crippen LogP contribution in [0.4, 0.5) is 4.39 Å². The lowest BCUT2D eigenvalue weighted by molar-refractivity contribution is 0.337. The second-order valence-corrected chi connectivity index (χ2v) is 5.15. The summed E-state index contributed by atoms with van der Waals surface area (Å²) in [6, 6.07) is 2.62. The van der Waals surface area contributed by atoms with E-state index in [4.69, 9.17) is 27.5 Å². The maximum Gasteiger partial charge on any atom is 0.161 e. The maximum atomic E-state index is 14.2. The van der Waals surface area contributed by atoms with Crippen LogP contribution in [0.2, 0.25) is 5.02 Å². The number of aromatic nitrogens is 2. The quantitative estimate of drug-likeness (QED) is 0.556. The normalized spacial score (nSPS) is 10.3. The Labute approximate surface area is 141 Å². The zero-order chi connectivity index (χ0) is 16.1. The average Bonchev–Trinajstić information content (AvgIpc) is 2.89. The summed E-state index contributed by atoms with van der Waals surface area (Å²) in [4.78, 5) is 0. The van der Waals surface area contributed by atoms with E-state index in [1.165, 1.54) is 16.8 Å². The van der Waals surface area contributed by atoms with Gasteiger partial charge in [-0.25, -0.2) is 9.07 Å². The Kier molecular flexibility index (Phi) is 5.69. The van der Waals surface area contributed by atoms with Crippen molar-refractivity contribution in [3.05, 3.63) is 34.9 Å². The number of rotatable bonds is 6. The molecule has 1 aromatic carbocycles. The van der Waals surface area contributed by atoms with Crippen molar-refractivity contribution in [3.8, 4) is 29.5 Å². The predicted octanol–water partition coefficient (Wildman–Crippen LogP) is 3.97. The molecule has 0 fully saturated rings. The van der Waals surface area contributed by atoms with Crippen molar-refractivity contribution in [1.29, 1.82) is 0 Å². The van der Waals surface area contributed by atoms with Crippen molar-refractivity contribution < 1.29 is 13.9 Å². The van der Waals surface area contributed by atoms with Gasteiger partial charge in [-0.2, -0.15) is 5.10 Å². The maximum absolute atomic E-state index is 14.2. The van der Waals surface area contributed by atoms with Gasteiger partial charge in [0.15, 0.2) is 11.6 Å². The van der Waals surface area contributed by atoms with Gasteiger partial charge in [0.1, 0.15) is 23.7 Å². The lowest BCUT2D eigenvalue weighted by atomic mass is 10.3. The van der Waals surface area contributed by atoms with E-state index in [1.807, 2.05) is 6.92 Å². The Morgan fingerprint density at radius 1 is 1.41 bits per heavy atom. The molecule has 0 aliphatic carbocycles. The van der Waals surface area contributed by atoms with Crippen LogP contribution >= 0.6 is 27.5 Å². The van der Waals surface area contributed by atoms with Gasteiger partial charge >= 0.3 is 0 Å². The molecule has 2 rings (SSSR count). The summed E-state index contributed by atoms with van der Waals surface area (Å²) >= 11 is 9.27. The van der Waals surface area contributed by atoms with Gasteiger partial charge in [0.05, 0.1) is 23.2 Å². The highest BCUT2D eigenvalue weighted by Crippen LogP contribution is 2.31. The summed E-state index contributed by atoms with van der Waals surface area (Å²) in [5, 5.41) is 4.93. The van der Waals surface area contributed by atoms with Gasteiger partial charge in [-0.15, -0.1) is 6.42 Å². The van der Waals surface area contributed by atoms with Crippen molar-refractivity contribution in [2.45, 2.75) is 12.3 Å². The van der Waals surface area contributed by atoms with E-state index < -0.39 is 5.82 Å². The topological polar surface area (TPSA) is 36.3 Å². The summed E-state index contributed by atoms with van der Waals surface area (Å²) < 4.78 is 26.3. The first-order valence-electron chi connectivity index (χ1n) is 6.43. The molecule has 0 radical (unpaired) electrons. The Hall–Kier alpha value is -1.71. The minimum atomic E-state index is -0.523. The Morgan fingerprint density at radius 3 is 2.82 bits per heavy atom. The number of hydrogen-bond donors (Lipinski definition) is 0. The molecule has 0 bridgehead atoms. The monoisotopic (exact) mass is 386 g/mol. The van der Waals surface area contributed by atoms with Crippen LogP contribution in [0.15, 0.2) is 18.3 Å². The molecule has 0 N–H and O–H groups in total. The van der Waals surface area contributed by atoms with E-state index >= 15 is 0 Å². The molecule has 0 spiro atoms. The van der Waals surface area contributed by atoms with E-state index in [0.29, 0.717) is 29.1 Å². The molecule has 0 saturated heterocycles. The van der Waals surface area contributed by atoms with Crippen molar-refractivity contribution in [2.24, 2.45) is 0 Å². The lowest BCUT2D eigenvalue weighted by Gasteiger charge is -2.09. The van der Waals surface area contributed by atoms with Crippen LogP contribution in [0, 0.1) is 18.2 Å². The van der Waals surface area contributed by atoms with Gasteiger partial charge in [0, 0.05) is 6.07 Å². The molecule has 1 aromatic heterocycles. The average molecular weight is 388 g/mol. The van der Waals surface area contributed by atoms with Gasteiger partial charge < -0.3 is 9.47 Å². The third-order valence-electron chi connectivity index (χ3n) is 2.74. The second-order valence-electron chi connectivity index (χ2n) is 4.18. The summed E-state index contributed by atoms with van der Waals surface area (Å²) in [6.45, 7) is 2.40. The molecule has 0 aliphatic rings. The Bertz CT molecular complexity index is 712. The molecule has 0 atom stereocenters. The first kappa shape index (κ1) is 16.7. The largest absolute Gasteiger partial charge is 0.490 e. The fraction of sp³-hybridized carbons (Fsp3) is 0.267. The van der Waals surface area contributed by atoms with Gasteiger partial charge in [-0.1, -0.05) is 33.5 Å². The van der Waals surface area contributed by atoms with Crippen LogP contribution in [0.1, 0.15) is 12.6 Å². The standard InChI is InChI=1S/C15H13BrClFN2O2/c1-3-5-22-14-7-13(11(18)6-10(14)17)20-9-15(21-4-2)12(8-16)19-20/h1,6-7,9H,4-5,8H2,2H3. The SMILES string of the molecule is C#CCOc1cc(-n2cc(OCC)c(CBr)n2)c(F)cc1Cl. The van der Waals surface area contributed by atoms with E-state index in [1.54, 1.807) is 6.20 Å². The zero-order valence-corrected chi connectivity index (χ0v) is 14.1. The molecule has 7 heteroatoms. The van der Waals surface area contributed by atoms with Gasteiger partial charge in [0.2, 0.25) is 0 Å². The number of benzene rings is 1. The molecule has 0 amide bonds. The number of nitrogens with zero attached hydrogens (tertiary/aromatic N) is 2. The fourth-order valence-electron chi connectivity index (χ4n) is 1.81. The minimum Gasteiger partial charge on any atom is -0.490 e. The van der Waals surface area contributed by atoms with Crippen LogP contribution < -0.4 is 9.47 Å². The number of alkyl halides is 1. The summed E-state index contributed by atoms with van der Waals surface area (Å²) in [5.74, 6) is 2.69. The molecule has 1 heterocycles. The summed E-state index contributed by atoms with van der Waals surface area (Å²) in [7, 11) is 0. The molecular weight excluding hydrogens is 375 g/mol. The third kappa shape index (κ3) is 3.54.